The first-order chi connectivity index (χ1) is 9.93. The van der Waals surface area contributed by atoms with Gasteiger partial charge in [0.1, 0.15) is 5.39 Å². The number of hydrogen-bond donors (Lipinski definition) is 0. The zero-order valence-electron chi connectivity index (χ0n) is 12.4. The predicted molar refractivity (Wildman–Crippen MR) is 82.5 cm³/mol. The molecule has 3 aromatic rings. The molecule has 21 heavy (non-hydrogen) atoms. The average molecular weight is 284 g/mol. The fourth-order valence-corrected chi connectivity index (χ4v) is 2.64. The zero-order valence-corrected chi connectivity index (χ0v) is 12.4. The van der Waals surface area contributed by atoms with Gasteiger partial charge in [-0.1, -0.05) is 18.2 Å². The summed E-state index contributed by atoms with van der Waals surface area (Å²) >= 11 is 0. The number of hydrogen-bond acceptors (Lipinski definition) is 3. The van der Waals surface area contributed by atoms with E-state index in [9.17, 15) is 9.59 Å². The van der Waals surface area contributed by atoms with Gasteiger partial charge in [-0.25, -0.2) is 0 Å². The summed E-state index contributed by atoms with van der Waals surface area (Å²) in [7, 11) is 5.14. The monoisotopic (exact) mass is 284 g/mol. The van der Waals surface area contributed by atoms with Gasteiger partial charge in [0.2, 0.25) is 5.91 Å². The number of benzene rings is 1. The van der Waals surface area contributed by atoms with Crippen LogP contribution in [0.5, 0.6) is 0 Å². The number of carbonyl (C=O) groups is 1. The van der Waals surface area contributed by atoms with E-state index in [0.29, 0.717) is 11.2 Å². The molecule has 0 radical (unpaired) electrons. The number of pyridine rings is 1. The quantitative estimate of drug-likeness (QED) is 0.679. The summed E-state index contributed by atoms with van der Waals surface area (Å²) in [5.41, 5.74) is 1.44. The Kier molecular flexibility index (Phi) is 2.83. The number of anilines is 1. The molecule has 108 valence electrons. The molecule has 0 saturated heterocycles. The number of aryl methyl sites for hydroxylation is 2. The fourth-order valence-electron chi connectivity index (χ4n) is 2.64. The van der Waals surface area contributed by atoms with E-state index in [1.807, 2.05) is 24.3 Å². The summed E-state index contributed by atoms with van der Waals surface area (Å²) in [6, 6.07) is 7.67. The molecular formula is C15H16N4O2. The lowest BCUT2D eigenvalue weighted by atomic mass is 10.1. The summed E-state index contributed by atoms with van der Waals surface area (Å²) in [5.74, 6) is 0.233. The molecule has 0 bridgehead atoms. The summed E-state index contributed by atoms with van der Waals surface area (Å²) < 4.78 is 3.25. The van der Waals surface area contributed by atoms with Gasteiger partial charge in [-0.15, -0.1) is 0 Å². The molecule has 0 aliphatic rings. The Labute approximate surface area is 121 Å². The van der Waals surface area contributed by atoms with Crippen LogP contribution in [0.4, 0.5) is 5.82 Å². The van der Waals surface area contributed by atoms with Crippen LogP contribution in [0.2, 0.25) is 0 Å². The van der Waals surface area contributed by atoms with Gasteiger partial charge < -0.3 is 4.57 Å². The number of rotatable bonds is 1. The van der Waals surface area contributed by atoms with E-state index in [1.165, 1.54) is 11.8 Å². The number of para-hydroxylation sites is 1. The maximum absolute atomic E-state index is 12.7. The molecule has 0 spiro atoms. The minimum atomic E-state index is -0.162. The molecule has 0 N–H and O–H groups in total. The number of amides is 1. The fraction of sp³-hybridized carbons (Fsp3) is 0.267. The lowest BCUT2D eigenvalue weighted by molar-refractivity contribution is -0.116. The normalized spacial score (nSPS) is 11.2. The first-order valence-electron chi connectivity index (χ1n) is 6.62. The minimum Gasteiger partial charge on any atom is -0.311 e. The van der Waals surface area contributed by atoms with Gasteiger partial charge in [-0.2, -0.15) is 5.10 Å². The third kappa shape index (κ3) is 1.75. The molecule has 3 rings (SSSR count). The molecule has 0 aliphatic carbocycles. The molecule has 0 saturated carbocycles. The Morgan fingerprint density at radius 1 is 1.24 bits per heavy atom. The van der Waals surface area contributed by atoms with Gasteiger partial charge in [0, 0.05) is 33.5 Å². The summed E-state index contributed by atoms with van der Waals surface area (Å²) in [4.78, 5) is 25.7. The lowest BCUT2D eigenvalue weighted by Gasteiger charge is -2.12. The van der Waals surface area contributed by atoms with E-state index in [-0.39, 0.29) is 11.5 Å². The smallest absolute Gasteiger partial charge is 0.264 e. The van der Waals surface area contributed by atoms with E-state index >= 15 is 0 Å². The van der Waals surface area contributed by atoms with Crippen LogP contribution in [-0.2, 0) is 18.9 Å². The molecule has 0 unspecified atom stereocenters. The number of aromatic nitrogens is 3. The maximum Gasteiger partial charge on any atom is 0.264 e. The predicted octanol–water partition coefficient (Wildman–Crippen LogP) is 1.41. The Morgan fingerprint density at radius 2 is 1.90 bits per heavy atom. The third-order valence-electron chi connectivity index (χ3n) is 3.86. The van der Waals surface area contributed by atoms with Crippen LogP contribution in [0.15, 0.2) is 29.1 Å². The van der Waals surface area contributed by atoms with Crippen molar-refractivity contribution < 1.29 is 4.79 Å². The Morgan fingerprint density at radius 3 is 2.57 bits per heavy atom. The van der Waals surface area contributed by atoms with Crippen LogP contribution in [0.25, 0.3) is 21.8 Å². The Hall–Kier alpha value is -2.63. The Bertz CT molecular complexity index is 936. The number of nitrogens with zero attached hydrogens (tertiary/aromatic N) is 4. The highest BCUT2D eigenvalue weighted by molar-refractivity contribution is 6.10. The molecule has 0 atom stereocenters. The highest BCUT2D eigenvalue weighted by atomic mass is 16.2. The first kappa shape index (κ1) is 13.4. The first-order valence-corrected chi connectivity index (χ1v) is 6.62. The SMILES string of the molecule is CC(=O)N(C)c1nn(C)c2c1c(=O)n(C)c1ccccc21. The summed E-state index contributed by atoms with van der Waals surface area (Å²) in [6.45, 7) is 1.45. The Balaban J connectivity index is 2.58. The van der Waals surface area contributed by atoms with Crippen molar-refractivity contribution in [3.05, 3.63) is 34.6 Å². The molecule has 1 aromatic carbocycles. The van der Waals surface area contributed by atoms with Crippen LogP contribution in [0.3, 0.4) is 0 Å². The van der Waals surface area contributed by atoms with Crippen LogP contribution < -0.4 is 10.5 Å². The van der Waals surface area contributed by atoms with Gasteiger partial charge in [0.25, 0.3) is 5.56 Å². The second-order valence-corrected chi connectivity index (χ2v) is 5.13. The topological polar surface area (TPSA) is 60.1 Å². The van der Waals surface area contributed by atoms with Gasteiger partial charge in [-0.05, 0) is 6.07 Å². The molecule has 0 aliphatic heterocycles. The van der Waals surface area contributed by atoms with Crippen LogP contribution in [-0.4, -0.2) is 27.3 Å². The molecule has 0 fully saturated rings. The molecule has 1 amide bonds. The number of carbonyl (C=O) groups excluding carboxylic acids is 1. The molecule has 2 aromatic heterocycles. The van der Waals surface area contributed by atoms with E-state index in [0.717, 1.165) is 16.4 Å². The van der Waals surface area contributed by atoms with Crippen molar-refractivity contribution in [3.8, 4) is 0 Å². The highest BCUT2D eigenvalue weighted by Gasteiger charge is 2.21. The molecular weight excluding hydrogens is 268 g/mol. The van der Waals surface area contributed by atoms with E-state index in [4.69, 9.17) is 0 Å². The number of fused-ring (bicyclic) bond motifs is 3. The highest BCUT2D eigenvalue weighted by Crippen LogP contribution is 2.28. The van der Waals surface area contributed by atoms with Crippen molar-refractivity contribution in [2.24, 2.45) is 14.1 Å². The van der Waals surface area contributed by atoms with Crippen molar-refractivity contribution in [3.63, 3.8) is 0 Å². The van der Waals surface area contributed by atoms with Crippen molar-refractivity contribution in [2.45, 2.75) is 6.92 Å². The van der Waals surface area contributed by atoms with Crippen molar-refractivity contribution in [1.29, 1.82) is 0 Å². The van der Waals surface area contributed by atoms with Gasteiger partial charge in [0.15, 0.2) is 5.82 Å². The van der Waals surface area contributed by atoms with Crippen LogP contribution >= 0.6 is 0 Å². The molecule has 6 heteroatoms. The lowest BCUT2D eigenvalue weighted by Crippen LogP contribution is -2.26. The van der Waals surface area contributed by atoms with E-state index in [1.54, 1.807) is 30.4 Å². The zero-order chi connectivity index (χ0) is 15.3. The molecule has 6 nitrogen and oxygen atoms in total. The van der Waals surface area contributed by atoms with Crippen molar-refractivity contribution in [1.82, 2.24) is 14.3 Å². The minimum absolute atomic E-state index is 0.153. The van der Waals surface area contributed by atoms with Gasteiger partial charge in [0.05, 0.1) is 11.0 Å². The van der Waals surface area contributed by atoms with Gasteiger partial charge in [-0.3, -0.25) is 19.2 Å². The summed E-state index contributed by atoms with van der Waals surface area (Å²) in [5, 5.41) is 5.78. The maximum atomic E-state index is 12.7. The summed E-state index contributed by atoms with van der Waals surface area (Å²) in [6.07, 6.45) is 0. The largest absolute Gasteiger partial charge is 0.311 e. The van der Waals surface area contributed by atoms with E-state index < -0.39 is 0 Å². The van der Waals surface area contributed by atoms with E-state index in [2.05, 4.69) is 5.10 Å². The third-order valence-corrected chi connectivity index (χ3v) is 3.86. The second-order valence-electron chi connectivity index (χ2n) is 5.13. The second kappa shape index (κ2) is 4.44. The van der Waals surface area contributed by atoms with Gasteiger partial charge >= 0.3 is 0 Å². The standard InChI is InChI=1S/C15H16N4O2/c1-9(20)17(2)14-12-13(19(4)16-14)10-7-5-6-8-11(10)18(3)15(12)21/h5-8H,1-4H3. The van der Waals surface area contributed by atoms with Crippen molar-refractivity contribution in [2.75, 3.05) is 11.9 Å². The van der Waals surface area contributed by atoms with Crippen LogP contribution in [0.1, 0.15) is 6.92 Å². The average Bonchev–Trinajstić information content (AvgIpc) is 2.81. The molecule has 2 heterocycles. The van der Waals surface area contributed by atoms with Crippen LogP contribution in [0, 0.1) is 0 Å². The van der Waals surface area contributed by atoms with Crippen molar-refractivity contribution >= 4 is 33.5 Å².